The van der Waals surface area contributed by atoms with Gasteiger partial charge in [0.15, 0.2) is 0 Å². The SMILES string of the molecule is CCCCCCN1C(=O)C(C#N)=C(C)/C(=C\c2cn(-c3ccccc3)nc2-c2ccc(OCc3cccc4ccccc34)cc2)C1=O. The minimum absolute atomic E-state index is 0.00367. The van der Waals surface area contributed by atoms with E-state index in [2.05, 4.69) is 31.2 Å². The molecule has 2 heterocycles. The number of amides is 2. The van der Waals surface area contributed by atoms with E-state index in [0.717, 1.165) is 47.2 Å². The molecule has 0 N–H and O–H groups in total. The lowest BCUT2D eigenvalue weighted by atomic mass is 9.93. The number of carbonyl (C=O) groups excluding carboxylic acids is 2. The highest BCUT2D eigenvalue weighted by Crippen LogP contribution is 2.32. The minimum atomic E-state index is -0.525. The molecule has 6 rings (SSSR count). The number of nitriles is 1. The van der Waals surface area contributed by atoms with E-state index < -0.39 is 11.8 Å². The lowest BCUT2D eigenvalue weighted by Gasteiger charge is -2.27. The quantitative estimate of drug-likeness (QED) is 0.0840. The van der Waals surface area contributed by atoms with Crippen LogP contribution in [0.15, 0.2) is 120 Å². The number of rotatable bonds is 11. The van der Waals surface area contributed by atoms with E-state index in [9.17, 15) is 14.9 Å². The highest BCUT2D eigenvalue weighted by atomic mass is 16.5. The van der Waals surface area contributed by atoms with Crippen LogP contribution in [0.1, 0.15) is 50.7 Å². The third-order valence-corrected chi connectivity index (χ3v) is 8.53. The van der Waals surface area contributed by atoms with Gasteiger partial charge in [-0.3, -0.25) is 14.5 Å². The Hall–Kier alpha value is -5.74. The van der Waals surface area contributed by atoms with Crippen molar-refractivity contribution in [1.82, 2.24) is 14.7 Å². The van der Waals surface area contributed by atoms with Gasteiger partial charge in [-0.25, -0.2) is 4.68 Å². The molecular formula is C40H36N4O3. The van der Waals surface area contributed by atoms with Crippen LogP contribution in [0, 0.1) is 11.3 Å². The van der Waals surface area contributed by atoms with Gasteiger partial charge in [-0.1, -0.05) is 86.8 Å². The lowest BCUT2D eigenvalue weighted by molar-refractivity contribution is -0.140. The van der Waals surface area contributed by atoms with E-state index in [1.807, 2.05) is 85.1 Å². The van der Waals surface area contributed by atoms with Crippen molar-refractivity contribution in [3.63, 3.8) is 0 Å². The summed E-state index contributed by atoms with van der Waals surface area (Å²) in [4.78, 5) is 28.1. The van der Waals surface area contributed by atoms with Crippen LogP contribution in [-0.4, -0.2) is 33.0 Å². The zero-order valence-corrected chi connectivity index (χ0v) is 26.6. The molecule has 5 aromatic rings. The molecule has 0 spiro atoms. The number of fused-ring (bicyclic) bond motifs is 1. The van der Waals surface area contributed by atoms with Gasteiger partial charge in [-0.15, -0.1) is 0 Å². The smallest absolute Gasteiger partial charge is 0.271 e. The number of ether oxygens (including phenoxy) is 1. The molecule has 234 valence electrons. The minimum Gasteiger partial charge on any atom is -0.489 e. The molecule has 47 heavy (non-hydrogen) atoms. The number of imide groups is 1. The molecule has 0 aliphatic carbocycles. The number of para-hydroxylation sites is 1. The topological polar surface area (TPSA) is 88.2 Å². The van der Waals surface area contributed by atoms with Crippen molar-refractivity contribution in [2.24, 2.45) is 0 Å². The fourth-order valence-electron chi connectivity index (χ4n) is 5.90. The molecule has 0 atom stereocenters. The Bertz CT molecular complexity index is 2030. The number of aromatic nitrogens is 2. The lowest BCUT2D eigenvalue weighted by Crippen LogP contribution is -2.43. The van der Waals surface area contributed by atoms with Crippen molar-refractivity contribution < 1.29 is 14.3 Å². The number of unbranched alkanes of at least 4 members (excludes halogenated alkanes) is 3. The van der Waals surface area contributed by atoms with Crippen LogP contribution >= 0.6 is 0 Å². The molecule has 0 saturated carbocycles. The van der Waals surface area contributed by atoms with Crippen LogP contribution in [0.2, 0.25) is 0 Å². The second kappa shape index (κ2) is 14.1. The van der Waals surface area contributed by atoms with Crippen LogP contribution in [0.5, 0.6) is 5.75 Å². The normalized spacial score (nSPS) is 14.2. The summed E-state index contributed by atoms with van der Waals surface area (Å²) in [6, 6.07) is 34.0. The molecule has 4 aromatic carbocycles. The summed E-state index contributed by atoms with van der Waals surface area (Å²) in [6.07, 6.45) is 7.30. The maximum atomic E-state index is 13.8. The van der Waals surface area contributed by atoms with Crippen LogP contribution in [0.25, 0.3) is 33.8 Å². The predicted octanol–water partition coefficient (Wildman–Crippen LogP) is 8.44. The van der Waals surface area contributed by atoms with E-state index in [-0.39, 0.29) is 12.1 Å². The van der Waals surface area contributed by atoms with E-state index in [4.69, 9.17) is 9.84 Å². The third kappa shape index (κ3) is 6.63. The fourth-order valence-corrected chi connectivity index (χ4v) is 5.90. The molecule has 2 amide bonds. The average Bonchev–Trinajstić information content (AvgIpc) is 3.53. The van der Waals surface area contributed by atoms with Crippen molar-refractivity contribution >= 4 is 28.7 Å². The summed E-state index contributed by atoms with van der Waals surface area (Å²) < 4.78 is 7.96. The van der Waals surface area contributed by atoms with Crippen molar-refractivity contribution in [2.75, 3.05) is 6.54 Å². The van der Waals surface area contributed by atoms with Gasteiger partial charge < -0.3 is 4.74 Å². The molecular weight excluding hydrogens is 584 g/mol. The van der Waals surface area contributed by atoms with E-state index in [1.165, 1.54) is 10.3 Å². The molecule has 0 radical (unpaired) electrons. The summed E-state index contributed by atoms with van der Waals surface area (Å²) in [7, 11) is 0. The molecule has 0 fully saturated rings. The number of hydrogen-bond acceptors (Lipinski definition) is 5. The largest absolute Gasteiger partial charge is 0.489 e. The molecule has 0 saturated heterocycles. The monoisotopic (exact) mass is 620 g/mol. The first kappa shape index (κ1) is 31.3. The van der Waals surface area contributed by atoms with Crippen LogP contribution in [-0.2, 0) is 16.2 Å². The van der Waals surface area contributed by atoms with Gasteiger partial charge in [-0.05, 0) is 77.7 Å². The Kier molecular flexibility index (Phi) is 9.40. The Morgan fingerprint density at radius 1 is 0.851 bits per heavy atom. The molecule has 0 unspecified atom stereocenters. The Morgan fingerprint density at radius 3 is 2.36 bits per heavy atom. The number of hydrogen-bond donors (Lipinski definition) is 0. The number of nitrogens with zero attached hydrogens (tertiary/aromatic N) is 4. The Morgan fingerprint density at radius 2 is 1.60 bits per heavy atom. The Labute approximate surface area is 275 Å². The fraction of sp³-hybridized carbons (Fsp3) is 0.200. The van der Waals surface area contributed by atoms with Gasteiger partial charge in [0, 0.05) is 29.4 Å². The molecule has 1 aromatic heterocycles. The summed E-state index contributed by atoms with van der Waals surface area (Å²) in [6.45, 7) is 4.49. The first-order chi connectivity index (χ1) is 23.0. The highest BCUT2D eigenvalue weighted by molar-refractivity contribution is 6.19. The Balaban J connectivity index is 1.34. The second-order valence-corrected chi connectivity index (χ2v) is 11.7. The van der Waals surface area contributed by atoms with Gasteiger partial charge in [0.25, 0.3) is 11.8 Å². The number of carbonyl (C=O) groups is 2. The first-order valence-corrected chi connectivity index (χ1v) is 16.0. The summed E-state index contributed by atoms with van der Waals surface area (Å²) in [5.74, 6) is -0.192. The van der Waals surface area contributed by atoms with Gasteiger partial charge in [0.05, 0.1) is 11.4 Å². The third-order valence-electron chi connectivity index (χ3n) is 8.53. The van der Waals surface area contributed by atoms with Crippen LogP contribution in [0.3, 0.4) is 0 Å². The van der Waals surface area contributed by atoms with Crippen molar-refractivity contribution in [3.8, 4) is 28.8 Å². The first-order valence-electron chi connectivity index (χ1n) is 16.0. The maximum Gasteiger partial charge on any atom is 0.271 e. The standard InChI is InChI=1S/C40H36N4O3/c1-3-4-5-11-23-43-39(45)36(28(2)37(25-41)40(43)46)24-32-26-44(33-16-7-6-8-17-33)42-38(32)30-19-21-34(22-20-30)47-27-31-15-12-14-29-13-9-10-18-35(29)31/h6-10,12-22,24,26H,3-5,11,23,27H2,1-2H3/b36-24+. The second-order valence-electron chi connectivity index (χ2n) is 11.7. The van der Waals surface area contributed by atoms with E-state index in [0.29, 0.717) is 35.4 Å². The summed E-state index contributed by atoms with van der Waals surface area (Å²) >= 11 is 0. The van der Waals surface area contributed by atoms with Gasteiger partial charge in [-0.2, -0.15) is 10.4 Å². The maximum absolute atomic E-state index is 13.8. The van der Waals surface area contributed by atoms with Gasteiger partial charge in [0.2, 0.25) is 0 Å². The van der Waals surface area contributed by atoms with Crippen molar-refractivity contribution in [2.45, 2.75) is 46.1 Å². The average molecular weight is 621 g/mol. The zero-order chi connectivity index (χ0) is 32.8. The van der Waals surface area contributed by atoms with Crippen molar-refractivity contribution in [1.29, 1.82) is 5.26 Å². The number of benzene rings is 4. The van der Waals surface area contributed by atoms with Gasteiger partial charge in [0.1, 0.15) is 24.0 Å². The highest BCUT2D eigenvalue weighted by Gasteiger charge is 2.35. The molecule has 7 heteroatoms. The summed E-state index contributed by atoms with van der Waals surface area (Å²) in [5.41, 5.74) is 4.85. The molecule has 0 bridgehead atoms. The van der Waals surface area contributed by atoms with E-state index in [1.54, 1.807) is 17.7 Å². The van der Waals surface area contributed by atoms with Gasteiger partial charge >= 0.3 is 0 Å². The zero-order valence-electron chi connectivity index (χ0n) is 26.6. The van der Waals surface area contributed by atoms with Crippen LogP contribution in [0.4, 0.5) is 0 Å². The van der Waals surface area contributed by atoms with Crippen LogP contribution < -0.4 is 4.74 Å². The van der Waals surface area contributed by atoms with E-state index >= 15 is 0 Å². The predicted molar refractivity (Wildman–Crippen MR) is 184 cm³/mol. The molecule has 1 aliphatic rings. The molecule has 7 nitrogen and oxygen atoms in total. The molecule has 1 aliphatic heterocycles. The van der Waals surface area contributed by atoms with Crippen molar-refractivity contribution in [3.05, 3.63) is 131 Å². The summed E-state index contributed by atoms with van der Waals surface area (Å²) in [5, 5.41) is 17.2.